The van der Waals surface area contributed by atoms with Crippen LogP contribution in [0.5, 0.6) is 0 Å². The summed E-state index contributed by atoms with van der Waals surface area (Å²) < 4.78 is 0. The normalized spacial score (nSPS) is 19.3. The van der Waals surface area contributed by atoms with E-state index in [9.17, 15) is 9.90 Å². The van der Waals surface area contributed by atoms with Crippen LogP contribution in [0.4, 0.5) is 0 Å². The number of aliphatic hydroxyl groups excluding tert-OH is 1. The Balaban J connectivity index is 2.07. The van der Waals surface area contributed by atoms with Gasteiger partial charge in [0, 0.05) is 13.1 Å². The predicted molar refractivity (Wildman–Crippen MR) is 81.5 cm³/mol. The number of amides is 1. The SMILES string of the molecule is CCCSCC(=O)NCC(O)CN1CCC(C)CC1. The van der Waals surface area contributed by atoms with Crippen molar-refractivity contribution < 1.29 is 9.90 Å². The third-order valence-corrected chi connectivity index (χ3v) is 4.62. The molecule has 0 aromatic rings. The number of carbonyl (C=O) groups is 1. The lowest BCUT2D eigenvalue weighted by molar-refractivity contribution is -0.119. The molecule has 0 spiro atoms. The molecule has 1 atom stereocenters. The number of hydrogen-bond acceptors (Lipinski definition) is 4. The molecule has 0 radical (unpaired) electrons. The highest BCUT2D eigenvalue weighted by Crippen LogP contribution is 2.15. The molecule has 1 unspecified atom stereocenters. The van der Waals surface area contributed by atoms with E-state index in [0.717, 1.165) is 31.2 Å². The lowest BCUT2D eigenvalue weighted by Crippen LogP contribution is -2.43. The zero-order valence-corrected chi connectivity index (χ0v) is 13.0. The van der Waals surface area contributed by atoms with E-state index in [0.29, 0.717) is 18.8 Å². The monoisotopic (exact) mass is 288 g/mol. The van der Waals surface area contributed by atoms with Gasteiger partial charge < -0.3 is 15.3 Å². The number of carbonyl (C=O) groups excluding carboxylic acids is 1. The molecule has 1 rings (SSSR count). The lowest BCUT2D eigenvalue weighted by Gasteiger charge is -2.31. The number of aliphatic hydroxyl groups is 1. The number of rotatable bonds is 8. The first-order valence-electron chi connectivity index (χ1n) is 7.36. The number of nitrogens with one attached hydrogen (secondary N) is 1. The minimum absolute atomic E-state index is 0.0322. The molecule has 1 amide bonds. The molecule has 1 heterocycles. The van der Waals surface area contributed by atoms with Gasteiger partial charge in [-0.25, -0.2) is 0 Å². The van der Waals surface area contributed by atoms with Gasteiger partial charge in [-0.15, -0.1) is 0 Å². The Labute approximate surface area is 121 Å². The summed E-state index contributed by atoms with van der Waals surface area (Å²) in [7, 11) is 0. The van der Waals surface area contributed by atoms with Crippen LogP contribution < -0.4 is 5.32 Å². The van der Waals surface area contributed by atoms with Crippen LogP contribution in [-0.4, -0.2) is 59.7 Å². The minimum Gasteiger partial charge on any atom is -0.390 e. The van der Waals surface area contributed by atoms with Gasteiger partial charge in [0.05, 0.1) is 11.9 Å². The zero-order chi connectivity index (χ0) is 14.1. The Morgan fingerprint density at radius 3 is 2.79 bits per heavy atom. The minimum atomic E-state index is -0.450. The number of β-amino-alcohol motifs (C(OH)–C–C–N with tert-alkyl or cyclic N) is 1. The van der Waals surface area contributed by atoms with Gasteiger partial charge in [-0.1, -0.05) is 13.8 Å². The largest absolute Gasteiger partial charge is 0.390 e. The summed E-state index contributed by atoms with van der Waals surface area (Å²) in [4.78, 5) is 13.8. The van der Waals surface area contributed by atoms with Crippen molar-refractivity contribution in [2.24, 2.45) is 5.92 Å². The molecular weight excluding hydrogens is 260 g/mol. The van der Waals surface area contributed by atoms with E-state index in [4.69, 9.17) is 0 Å². The molecule has 0 aromatic heterocycles. The van der Waals surface area contributed by atoms with Crippen molar-refractivity contribution in [3.63, 3.8) is 0 Å². The number of nitrogens with zero attached hydrogens (tertiary/aromatic N) is 1. The molecule has 1 fully saturated rings. The van der Waals surface area contributed by atoms with Crippen LogP contribution >= 0.6 is 11.8 Å². The van der Waals surface area contributed by atoms with Gasteiger partial charge in [0.15, 0.2) is 0 Å². The molecule has 0 bridgehead atoms. The second kappa shape index (κ2) is 9.61. The van der Waals surface area contributed by atoms with E-state index in [2.05, 4.69) is 24.1 Å². The van der Waals surface area contributed by atoms with Gasteiger partial charge in [0.1, 0.15) is 0 Å². The van der Waals surface area contributed by atoms with E-state index >= 15 is 0 Å². The maximum atomic E-state index is 11.5. The Hall–Kier alpha value is -0.260. The fourth-order valence-electron chi connectivity index (χ4n) is 2.20. The molecule has 5 heteroatoms. The lowest BCUT2D eigenvalue weighted by atomic mass is 9.99. The Kier molecular flexibility index (Phi) is 8.50. The van der Waals surface area contributed by atoms with Crippen molar-refractivity contribution in [3.05, 3.63) is 0 Å². The highest BCUT2D eigenvalue weighted by atomic mass is 32.2. The van der Waals surface area contributed by atoms with Crippen molar-refractivity contribution in [1.82, 2.24) is 10.2 Å². The molecule has 4 nitrogen and oxygen atoms in total. The van der Waals surface area contributed by atoms with Gasteiger partial charge in [-0.2, -0.15) is 11.8 Å². The fraction of sp³-hybridized carbons (Fsp3) is 0.929. The van der Waals surface area contributed by atoms with Crippen molar-refractivity contribution in [2.75, 3.05) is 37.7 Å². The van der Waals surface area contributed by atoms with Crippen LogP contribution in [0, 0.1) is 5.92 Å². The average Bonchev–Trinajstić information content (AvgIpc) is 2.39. The van der Waals surface area contributed by atoms with Crippen LogP contribution in [0.1, 0.15) is 33.1 Å². The van der Waals surface area contributed by atoms with Crippen LogP contribution in [0.3, 0.4) is 0 Å². The highest BCUT2D eigenvalue weighted by molar-refractivity contribution is 7.99. The first kappa shape index (κ1) is 16.8. The third kappa shape index (κ3) is 7.80. The van der Waals surface area contributed by atoms with E-state index in [1.807, 2.05) is 0 Å². The van der Waals surface area contributed by atoms with Gasteiger partial charge in [-0.3, -0.25) is 4.79 Å². The Morgan fingerprint density at radius 1 is 1.47 bits per heavy atom. The molecule has 1 aliphatic rings. The summed E-state index contributed by atoms with van der Waals surface area (Å²) in [5, 5.41) is 12.7. The number of hydrogen-bond donors (Lipinski definition) is 2. The summed E-state index contributed by atoms with van der Waals surface area (Å²) >= 11 is 1.64. The number of piperidine rings is 1. The Bertz CT molecular complexity index is 256. The number of thioether (sulfide) groups is 1. The van der Waals surface area contributed by atoms with Crippen molar-refractivity contribution in [1.29, 1.82) is 0 Å². The van der Waals surface area contributed by atoms with Gasteiger partial charge in [0.25, 0.3) is 0 Å². The maximum Gasteiger partial charge on any atom is 0.230 e. The van der Waals surface area contributed by atoms with Crippen LogP contribution in [0.2, 0.25) is 0 Å². The van der Waals surface area contributed by atoms with Gasteiger partial charge in [-0.05, 0) is 44.0 Å². The van der Waals surface area contributed by atoms with Crippen LogP contribution in [0.25, 0.3) is 0 Å². The van der Waals surface area contributed by atoms with E-state index in [-0.39, 0.29) is 5.91 Å². The summed E-state index contributed by atoms with van der Waals surface area (Å²) in [6.07, 6.45) is 3.07. The third-order valence-electron chi connectivity index (χ3n) is 3.46. The first-order valence-corrected chi connectivity index (χ1v) is 8.52. The van der Waals surface area contributed by atoms with Gasteiger partial charge in [0.2, 0.25) is 5.91 Å². The molecular formula is C14H28N2O2S. The van der Waals surface area contributed by atoms with Crippen LogP contribution in [-0.2, 0) is 4.79 Å². The number of likely N-dealkylation sites (tertiary alicyclic amines) is 1. The molecule has 0 saturated carbocycles. The maximum absolute atomic E-state index is 11.5. The fourth-order valence-corrected chi connectivity index (χ4v) is 2.92. The molecule has 112 valence electrons. The molecule has 1 aliphatic heterocycles. The molecule has 0 aliphatic carbocycles. The highest BCUT2D eigenvalue weighted by Gasteiger charge is 2.18. The predicted octanol–water partition coefficient (Wildman–Crippen LogP) is 1.34. The smallest absolute Gasteiger partial charge is 0.230 e. The second-order valence-corrected chi connectivity index (χ2v) is 6.60. The summed E-state index contributed by atoms with van der Waals surface area (Å²) in [6.45, 7) is 7.57. The van der Waals surface area contributed by atoms with Crippen molar-refractivity contribution in [2.45, 2.75) is 39.2 Å². The van der Waals surface area contributed by atoms with E-state index in [1.54, 1.807) is 11.8 Å². The van der Waals surface area contributed by atoms with E-state index in [1.165, 1.54) is 12.8 Å². The van der Waals surface area contributed by atoms with Crippen molar-refractivity contribution >= 4 is 17.7 Å². The standard InChI is InChI=1S/C14H28N2O2S/c1-3-8-19-11-14(18)15-9-13(17)10-16-6-4-12(2)5-7-16/h12-13,17H,3-11H2,1-2H3,(H,15,18). The Morgan fingerprint density at radius 2 is 2.16 bits per heavy atom. The molecule has 0 aromatic carbocycles. The summed E-state index contributed by atoms with van der Waals surface area (Å²) in [6, 6.07) is 0. The topological polar surface area (TPSA) is 52.6 Å². The van der Waals surface area contributed by atoms with E-state index < -0.39 is 6.10 Å². The summed E-state index contributed by atoms with van der Waals surface area (Å²) in [5.74, 6) is 2.36. The molecule has 2 N–H and O–H groups in total. The summed E-state index contributed by atoms with van der Waals surface area (Å²) in [5.41, 5.74) is 0. The van der Waals surface area contributed by atoms with Crippen molar-refractivity contribution in [3.8, 4) is 0 Å². The zero-order valence-electron chi connectivity index (χ0n) is 12.2. The quantitative estimate of drug-likeness (QED) is 0.662. The first-order chi connectivity index (χ1) is 9.11. The second-order valence-electron chi connectivity index (χ2n) is 5.49. The van der Waals surface area contributed by atoms with Crippen LogP contribution in [0.15, 0.2) is 0 Å². The molecule has 19 heavy (non-hydrogen) atoms. The van der Waals surface area contributed by atoms with Gasteiger partial charge >= 0.3 is 0 Å². The molecule has 1 saturated heterocycles. The average molecular weight is 288 g/mol.